The SMILES string of the molecule is CCOc1cc(/C=C2\C(=O)NC(=O)N(c3ccccc3Cl)C2=O)ccc1OCc1ccccc1. The molecule has 0 radical (unpaired) electrons. The van der Waals surface area contributed by atoms with Crippen molar-refractivity contribution in [3.63, 3.8) is 0 Å². The fraction of sp³-hybridized carbons (Fsp3) is 0.115. The summed E-state index contributed by atoms with van der Waals surface area (Å²) in [5, 5.41) is 2.40. The topological polar surface area (TPSA) is 84.9 Å². The van der Waals surface area contributed by atoms with Gasteiger partial charge in [-0.15, -0.1) is 0 Å². The molecule has 4 amide bonds. The Morgan fingerprint density at radius 3 is 2.38 bits per heavy atom. The zero-order chi connectivity index (χ0) is 24.1. The normalized spacial score (nSPS) is 14.8. The zero-order valence-electron chi connectivity index (χ0n) is 18.3. The fourth-order valence-corrected chi connectivity index (χ4v) is 3.63. The van der Waals surface area contributed by atoms with E-state index in [0.717, 1.165) is 10.5 Å². The van der Waals surface area contributed by atoms with Gasteiger partial charge in [0.1, 0.15) is 12.2 Å². The van der Waals surface area contributed by atoms with Crippen LogP contribution in [0.1, 0.15) is 18.1 Å². The van der Waals surface area contributed by atoms with Crippen LogP contribution in [0.4, 0.5) is 10.5 Å². The van der Waals surface area contributed by atoms with Crippen molar-refractivity contribution in [3.8, 4) is 11.5 Å². The first-order valence-electron chi connectivity index (χ1n) is 10.6. The summed E-state index contributed by atoms with van der Waals surface area (Å²) >= 11 is 6.17. The van der Waals surface area contributed by atoms with E-state index in [1.165, 1.54) is 12.1 Å². The summed E-state index contributed by atoms with van der Waals surface area (Å²) in [6.45, 7) is 2.60. The number of para-hydroxylation sites is 1. The molecule has 7 nitrogen and oxygen atoms in total. The number of rotatable bonds is 7. The van der Waals surface area contributed by atoms with Gasteiger partial charge in [0.2, 0.25) is 0 Å². The van der Waals surface area contributed by atoms with Crippen LogP contribution in [0.2, 0.25) is 5.02 Å². The third kappa shape index (κ3) is 4.94. The molecule has 1 saturated heterocycles. The third-order valence-corrected chi connectivity index (χ3v) is 5.33. The molecule has 1 fully saturated rings. The molecule has 0 atom stereocenters. The van der Waals surface area contributed by atoms with Crippen LogP contribution in [0.5, 0.6) is 11.5 Å². The van der Waals surface area contributed by atoms with Crippen LogP contribution >= 0.6 is 11.6 Å². The molecule has 1 aliphatic heterocycles. The van der Waals surface area contributed by atoms with Gasteiger partial charge >= 0.3 is 6.03 Å². The van der Waals surface area contributed by atoms with Crippen molar-refractivity contribution in [1.29, 1.82) is 0 Å². The van der Waals surface area contributed by atoms with Crippen LogP contribution in [0.15, 0.2) is 78.4 Å². The summed E-state index contributed by atoms with van der Waals surface area (Å²) in [7, 11) is 0. The number of urea groups is 1. The number of carbonyl (C=O) groups excluding carboxylic acids is 3. The molecule has 4 rings (SSSR count). The summed E-state index contributed by atoms with van der Waals surface area (Å²) in [5.41, 5.74) is 1.51. The van der Waals surface area contributed by atoms with E-state index >= 15 is 0 Å². The quantitative estimate of drug-likeness (QED) is 0.384. The summed E-state index contributed by atoms with van der Waals surface area (Å²) in [5.74, 6) is -0.569. The Balaban J connectivity index is 1.63. The van der Waals surface area contributed by atoms with E-state index in [1.807, 2.05) is 37.3 Å². The van der Waals surface area contributed by atoms with Gasteiger partial charge in [-0.2, -0.15) is 0 Å². The van der Waals surface area contributed by atoms with Crippen molar-refractivity contribution in [2.45, 2.75) is 13.5 Å². The van der Waals surface area contributed by atoms with Crippen molar-refractivity contribution in [1.82, 2.24) is 5.32 Å². The first-order chi connectivity index (χ1) is 16.5. The van der Waals surface area contributed by atoms with Crippen molar-refractivity contribution >= 4 is 41.2 Å². The molecule has 1 N–H and O–H groups in total. The predicted molar refractivity (Wildman–Crippen MR) is 129 cm³/mol. The highest BCUT2D eigenvalue weighted by Gasteiger charge is 2.37. The average Bonchev–Trinajstić information content (AvgIpc) is 2.83. The minimum Gasteiger partial charge on any atom is -0.490 e. The van der Waals surface area contributed by atoms with Gasteiger partial charge in [0.15, 0.2) is 11.5 Å². The minimum atomic E-state index is -0.861. The van der Waals surface area contributed by atoms with E-state index in [0.29, 0.717) is 30.3 Å². The van der Waals surface area contributed by atoms with E-state index in [1.54, 1.807) is 36.4 Å². The molecule has 0 aromatic heterocycles. The third-order valence-electron chi connectivity index (χ3n) is 5.01. The number of carbonyl (C=O) groups is 3. The van der Waals surface area contributed by atoms with Gasteiger partial charge in [-0.05, 0) is 48.4 Å². The van der Waals surface area contributed by atoms with E-state index in [4.69, 9.17) is 21.1 Å². The lowest BCUT2D eigenvalue weighted by atomic mass is 10.1. The highest BCUT2D eigenvalue weighted by atomic mass is 35.5. The molecule has 0 aliphatic carbocycles. The number of amides is 4. The van der Waals surface area contributed by atoms with Crippen LogP contribution in [-0.2, 0) is 16.2 Å². The second-order valence-electron chi connectivity index (χ2n) is 7.32. The number of nitrogens with one attached hydrogen (secondary N) is 1. The number of hydrogen-bond donors (Lipinski definition) is 1. The molecule has 0 bridgehead atoms. The highest BCUT2D eigenvalue weighted by molar-refractivity contribution is 6.42. The molecular weight excluding hydrogens is 456 g/mol. The molecule has 0 spiro atoms. The highest BCUT2D eigenvalue weighted by Crippen LogP contribution is 2.32. The lowest BCUT2D eigenvalue weighted by Crippen LogP contribution is -2.54. The van der Waals surface area contributed by atoms with Crippen LogP contribution in [-0.4, -0.2) is 24.5 Å². The number of benzene rings is 3. The Bertz CT molecular complexity index is 1270. The molecule has 0 saturated carbocycles. The van der Waals surface area contributed by atoms with Crippen LogP contribution < -0.4 is 19.7 Å². The first-order valence-corrected chi connectivity index (χ1v) is 10.9. The van der Waals surface area contributed by atoms with E-state index in [2.05, 4.69) is 5.32 Å². The van der Waals surface area contributed by atoms with Gasteiger partial charge in [-0.1, -0.05) is 60.1 Å². The predicted octanol–water partition coefficient (Wildman–Crippen LogP) is 4.98. The lowest BCUT2D eigenvalue weighted by Gasteiger charge is -2.27. The Hall–Kier alpha value is -4.10. The maximum Gasteiger partial charge on any atom is 0.335 e. The summed E-state index contributed by atoms with van der Waals surface area (Å²) < 4.78 is 11.6. The maximum absolute atomic E-state index is 13.1. The molecule has 172 valence electrons. The van der Waals surface area contributed by atoms with Crippen molar-refractivity contribution < 1.29 is 23.9 Å². The average molecular weight is 477 g/mol. The molecule has 1 heterocycles. The van der Waals surface area contributed by atoms with Gasteiger partial charge in [0, 0.05) is 0 Å². The van der Waals surface area contributed by atoms with Gasteiger partial charge in [0.05, 0.1) is 17.3 Å². The van der Waals surface area contributed by atoms with Crippen LogP contribution in [0.3, 0.4) is 0 Å². The van der Waals surface area contributed by atoms with Gasteiger partial charge in [-0.3, -0.25) is 14.9 Å². The number of barbiturate groups is 1. The molecular formula is C26H21ClN2O5. The van der Waals surface area contributed by atoms with Crippen molar-refractivity contribution in [2.24, 2.45) is 0 Å². The van der Waals surface area contributed by atoms with Crippen molar-refractivity contribution in [3.05, 3.63) is 94.5 Å². The number of nitrogens with zero attached hydrogens (tertiary/aromatic N) is 1. The number of imide groups is 2. The standard InChI is InChI=1S/C26H21ClN2O5/c1-2-33-23-15-18(12-13-22(23)34-16-17-8-4-3-5-9-17)14-19-24(30)28-26(32)29(25(19)31)21-11-7-6-10-20(21)27/h3-15H,2,16H2,1H3,(H,28,30,32)/b19-14+. The summed E-state index contributed by atoms with van der Waals surface area (Å²) in [6.07, 6.45) is 1.40. The van der Waals surface area contributed by atoms with E-state index in [9.17, 15) is 14.4 Å². The fourth-order valence-electron chi connectivity index (χ4n) is 3.41. The Labute approximate surface area is 201 Å². The van der Waals surface area contributed by atoms with E-state index in [-0.39, 0.29) is 16.3 Å². The van der Waals surface area contributed by atoms with Gasteiger partial charge in [-0.25, -0.2) is 9.69 Å². The molecule has 3 aromatic rings. The number of anilines is 1. The molecule has 34 heavy (non-hydrogen) atoms. The maximum atomic E-state index is 13.1. The second-order valence-corrected chi connectivity index (χ2v) is 7.73. The minimum absolute atomic E-state index is 0.185. The smallest absolute Gasteiger partial charge is 0.335 e. The van der Waals surface area contributed by atoms with Gasteiger partial charge in [0.25, 0.3) is 11.8 Å². The first kappa shape index (κ1) is 23.1. The van der Waals surface area contributed by atoms with Crippen molar-refractivity contribution in [2.75, 3.05) is 11.5 Å². The number of hydrogen-bond acceptors (Lipinski definition) is 5. The summed E-state index contributed by atoms with van der Waals surface area (Å²) in [4.78, 5) is 38.8. The monoisotopic (exact) mass is 476 g/mol. The largest absolute Gasteiger partial charge is 0.490 e. The Kier molecular flexibility index (Phi) is 6.94. The molecule has 8 heteroatoms. The van der Waals surface area contributed by atoms with Crippen LogP contribution in [0.25, 0.3) is 6.08 Å². The number of ether oxygens (including phenoxy) is 2. The lowest BCUT2D eigenvalue weighted by molar-refractivity contribution is -0.122. The zero-order valence-corrected chi connectivity index (χ0v) is 19.0. The molecule has 1 aliphatic rings. The van der Waals surface area contributed by atoms with E-state index < -0.39 is 17.8 Å². The molecule has 0 unspecified atom stereocenters. The van der Waals surface area contributed by atoms with Crippen LogP contribution in [0, 0.1) is 0 Å². The second kappa shape index (κ2) is 10.2. The number of halogens is 1. The van der Waals surface area contributed by atoms with Gasteiger partial charge < -0.3 is 9.47 Å². The molecule has 3 aromatic carbocycles. The summed E-state index contributed by atoms with van der Waals surface area (Å²) in [6, 6.07) is 20.3. The Morgan fingerprint density at radius 2 is 1.65 bits per heavy atom. The Morgan fingerprint density at radius 1 is 0.912 bits per heavy atom.